The Morgan fingerprint density at radius 1 is 0.700 bits per heavy atom. The summed E-state index contributed by atoms with van der Waals surface area (Å²) in [4.78, 5) is 144. The molecule has 1 aliphatic heterocycles. The maximum Gasteiger partial charge on any atom is 0.311 e. The molecule has 20 heteroatoms. The largest absolute Gasteiger partial charge is 0.508 e. The highest BCUT2D eigenvalue weighted by atomic mass is 16.5. The Labute approximate surface area is 413 Å². The minimum Gasteiger partial charge on any atom is -0.508 e. The van der Waals surface area contributed by atoms with Crippen molar-refractivity contribution in [2.75, 3.05) is 41.3 Å². The number of rotatable bonds is 8. The first-order chi connectivity index (χ1) is 32.4. The Morgan fingerprint density at radius 3 is 1.76 bits per heavy atom. The molecule has 20 nitrogen and oxygen atoms in total. The third kappa shape index (κ3) is 15.5. The van der Waals surface area contributed by atoms with Gasteiger partial charge in [-0.1, -0.05) is 60.6 Å². The summed E-state index contributed by atoms with van der Waals surface area (Å²) in [7, 11) is 5.52. The molecule has 70 heavy (non-hydrogen) atoms. The van der Waals surface area contributed by atoms with Crippen LogP contribution in [0.25, 0.3) is 0 Å². The van der Waals surface area contributed by atoms with Crippen molar-refractivity contribution >= 4 is 59.0 Å². The monoisotopic (exact) mass is 985 g/mol. The van der Waals surface area contributed by atoms with Crippen molar-refractivity contribution in [1.29, 1.82) is 0 Å². The molecule has 1 heterocycles. The third-order valence-corrected chi connectivity index (χ3v) is 13.5. The number of phenols is 1. The van der Waals surface area contributed by atoms with Gasteiger partial charge < -0.3 is 50.7 Å². The van der Waals surface area contributed by atoms with E-state index in [0.29, 0.717) is 12.0 Å². The molecule has 5 N–H and O–H groups in total. The van der Waals surface area contributed by atoms with Crippen molar-refractivity contribution in [2.24, 2.45) is 29.1 Å². The molecular formula is C50H80N8O12. The van der Waals surface area contributed by atoms with Crippen LogP contribution in [-0.2, 0) is 59.1 Å². The van der Waals surface area contributed by atoms with Crippen LogP contribution in [0.5, 0.6) is 5.75 Å². The molecule has 1 aliphatic rings. The first-order valence-corrected chi connectivity index (χ1v) is 24.2. The quantitative estimate of drug-likeness (QED) is 0.185. The number of phenolic OH excluding ortho intramolecular Hbond substituents is 1. The number of ketones is 1. The number of carbonyl (C=O) groups is 10. The van der Waals surface area contributed by atoms with Gasteiger partial charge in [0.05, 0.1) is 25.0 Å². The Morgan fingerprint density at radius 2 is 1.24 bits per heavy atom. The summed E-state index contributed by atoms with van der Waals surface area (Å²) in [6.07, 6.45) is -0.575. The summed E-state index contributed by atoms with van der Waals surface area (Å²) in [5, 5.41) is 20.6. The van der Waals surface area contributed by atoms with Gasteiger partial charge in [0, 0.05) is 46.6 Å². The fourth-order valence-electron chi connectivity index (χ4n) is 8.27. The lowest BCUT2D eigenvalue weighted by molar-refractivity contribution is -0.164. The number of benzene rings is 1. The van der Waals surface area contributed by atoms with E-state index in [2.05, 4.69) is 21.3 Å². The molecular weight excluding hydrogens is 905 g/mol. The number of nitrogens with zero attached hydrogens (tertiary/aromatic N) is 4. The van der Waals surface area contributed by atoms with Gasteiger partial charge in [0.1, 0.15) is 35.3 Å². The molecule has 1 aromatic carbocycles. The molecule has 2 rings (SSSR count). The molecule has 0 spiro atoms. The molecule has 5 unspecified atom stereocenters. The number of carbonyl (C=O) groups excluding carboxylic acids is 10. The molecule has 1 saturated heterocycles. The topological polar surface area (TPSA) is 261 Å². The fraction of sp³-hybridized carbons (Fsp3) is 0.680. The van der Waals surface area contributed by atoms with Gasteiger partial charge in [0.15, 0.2) is 11.9 Å². The van der Waals surface area contributed by atoms with Crippen LogP contribution in [0, 0.1) is 29.1 Å². The van der Waals surface area contributed by atoms with Crippen molar-refractivity contribution in [2.45, 2.75) is 151 Å². The van der Waals surface area contributed by atoms with Gasteiger partial charge in [-0.2, -0.15) is 0 Å². The lowest BCUT2D eigenvalue weighted by Crippen LogP contribution is -2.60. The summed E-state index contributed by atoms with van der Waals surface area (Å²) >= 11 is 0. The predicted molar refractivity (Wildman–Crippen MR) is 261 cm³/mol. The molecule has 0 aliphatic carbocycles. The lowest BCUT2D eigenvalue weighted by atomic mass is 9.82. The Hall–Kier alpha value is -6.08. The second-order valence-electron chi connectivity index (χ2n) is 20.0. The molecule has 8 amide bonds. The summed E-state index contributed by atoms with van der Waals surface area (Å²) in [5.41, 5.74) is -1.26. The van der Waals surface area contributed by atoms with Crippen LogP contribution in [0.4, 0.5) is 0 Å². The molecule has 0 saturated carbocycles. The molecule has 392 valence electrons. The molecule has 9 atom stereocenters. The Kier molecular flexibility index (Phi) is 22.5. The van der Waals surface area contributed by atoms with Crippen LogP contribution < -0.4 is 21.3 Å². The molecule has 0 bridgehead atoms. The SMILES string of the molecule is CCC(C)C1OC(=O)C(C)C(CC)NC(=O)[C@H](C)N(C)C(=O)C(C)(C)C(=O)[C@@H](C)NC(=O)C(Cc2ccc(O)cc2)N(C)C(=O)[C@H](C(C)C)N(C)C(=O)CNC(=O)[C@H](CC(C)C)N(C)C(=O)CNC1=O. The van der Waals surface area contributed by atoms with E-state index in [1.54, 1.807) is 46.8 Å². The van der Waals surface area contributed by atoms with Crippen molar-refractivity contribution in [3.05, 3.63) is 29.8 Å². The number of Topliss-reactive ketones (excluding diaryl/α,β-unsaturated/α-hetero) is 1. The van der Waals surface area contributed by atoms with E-state index in [-0.39, 0.29) is 30.9 Å². The van der Waals surface area contributed by atoms with Gasteiger partial charge in [-0.3, -0.25) is 47.9 Å². The predicted octanol–water partition coefficient (Wildman–Crippen LogP) is 1.80. The third-order valence-electron chi connectivity index (χ3n) is 13.5. The fourth-order valence-corrected chi connectivity index (χ4v) is 8.27. The number of aromatic hydroxyl groups is 1. The van der Waals surface area contributed by atoms with Crippen molar-refractivity contribution < 1.29 is 57.8 Å². The smallest absolute Gasteiger partial charge is 0.311 e. The van der Waals surface area contributed by atoms with Crippen LogP contribution in [-0.4, -0.2) is 167 Å². The standard InChI is InChI=1S/C50H80N8O12/c1-17-29(7)41-46(66)52-25-38(60)56(14)36(23-27(3)4)44(64)51-26-39(61)58(16)40(28(5)6)47(67)57(15)37(24-33-19-21-34(59)22-20-33)45(65)53-31(9)42(62)50(11,12)49(69)55(13)32(10)43(63)54-35(18-2)30(8)48(68)70-41/h19-22,27-32,35-37,40-41,59H,17-18,23-26H2,1-16H3,(H,51,64)(H,52,66)(H,53,65)(H,54,63)/t29?,30?,31-,32+,35?,36+,37?,40+,41?/m1/s1. The number of nitrogens with one attached hydrogen (secondary N) is 4. The minimum absolute atomic E-state index is 0.0360. The zero-order valence-electron chi connectivity index (χ0n) is 44.1. The molecule has 0 radical (unpaired) electrons. The highest BCUT2D eigenvalue weighted by Crippen LogP contribution is 2.25. The van der Waals surface area contributed by atoms with E-state index in [1.165, 1.54) is 89.6 Å². The summed E-state index contributed by atoms with van der Waals surface area (Å²) < 4.78 is 5.77. The van der Waals surface area contributed by atoms with Gasteiger partial charge >= 0.3 is 5.97 Å². The number of cyclic esters (lactones) is 1. The van der Waals surface area contributed by atoms with Gasteiger partial charge in [0.2, 0.25) is 41.4 Å². The van der Waals surface area contributed by atoms with Gasteiger partial charge in [-0.05, 0) is 83.4 Å². The average molecular weight is 985 g/mol. The maximum atomic E-state index is 14.5. The van der Waals surface area contributed by atoms with Gasteiger partial charge in [-0.15, -0.1) is 0 Å². The Balaban J connectivity index is 2.71. The maximum absolute atomic E-state index is 14.5. The van der Waals surface area contributed by atoms with Crippen LogP contribution in [0.15, 0.2) is 24.3 Å². The van der Waals surface area contributed by atoms with Crippen molar-refractivity contribution in [3.63, 3.8) is 0 Å². The molecule has 0 aromatic heterocycles. The van der Waals surface area contributed by atoms with E-state index in [0.717, 1.165) is 4.90 Å². The number of amides is 8. The number of esters is 1. The number of ether oxygens (including phenoxy) is 1. The van der Waals surface area contributed by atoms with E-state index in [1.807, 2.05) is 13.8 Å². The number of hydrogen-bond donors (Lipinski definition) is 5. The Bertz CT molecular complexity index is 2060. The number of hydrogen-bond acceptors (Lipinski definition) is 12. The second kappa shape index (κ2) is 26.2. The normalized spacial score (nSPS) is 26.9. The summed E-state index contributed by atoms with van der Waals surface area (Å²) in [6, 6.07) is -0.844. The zero-order valence-corrected chi connectivity index (χ0v) is 44.1. The molecule has 1 fully saturated rings. The lowest BCUT2D eigenvalue weighted by Gasteiger charge is -2.37. The van der Waals surface area contributed by atoms with Gasteiger partial charge in [-0.25, -0.2) is 0 Å². The summed E-state index contributed by atoms with van der Waals surface area (Å²) in [6.45, 7) is 18.3. The molecule has 1 aromatic rings. The van der Waals surface area contributed by atoms with Gasteiger partial charge in [0.25, 0.3) is 5.91 Å². The second-order valence-corrected chi connectivity index (χ2v) is 20.0. The van der Waals surface area contributed by atoms with E-state index in [4.69, 9.17) is 4.74 Å². The first-order valence-electron chi connectivity index (χ1n) is 24.2. The van der Waals surface area contributed by atoms with Crippen LogP contribution in [0.3, 0.4) is 0 Å². The van der Waals surface area contributed by atoms with E-state index < -0.39 is 138 Å². The van der Waals surface area contributed by atoms with Crippen LogP contribution in [0.1, 0.15) is 108 Å². The number of likely N-dealkylation sites (N-methyl/N-ethyl adjacent to an activating group) is 4. The summed E-state index contributed by atoms with van der Waals surface area (Å²) in [5.74, 6) is -9.17. The first kappa shape index (κ1) is 60.0. The average Bonchev–Trinajstić information content (AvgIpc) is 3.31. The highest BCUT2D eigenvalue weighted by Gasteiger charge is 2.45. The van der Waals surface area contributed by atoms with Crippen LogP contribution >= 0.6 is 0 Å². The van der Waals surface area contributed by atoms with Crippen molar-refractivity contribution in [3.8, 4) is 5.75 Å². The van der Waals surface area contributed by atoms with Crippen LogP contribution in [0.2, 0.25) is 0 Å². The van der Waals surface area contributed by atoms with E-state index in [9.17, 15) is 53.1 Å². The van der Waals surface area contributed by atoms with E-state index >= 15 is 0 Å². The highest BCUT2D eigenvalue weighted by molar-refractivity contribution is 6.09. The minimum atomic E-state index is -1.80. The van der Waals surface area contributed by atoms with Crippen molar-refractivity contribution in [1.82, 2.24) is 40.9 Å². The zero-order chi connectivity index (χ0) is 53.7.